The van der Waals surface area contributed by atoms with E-state index in [4.69, 9.17) is 9.47 Å². The van der Waals surface area contributed by atoms with Gasteiger partial charge in [-0.2, -0.15) is 0 Å². The number of aromatic nitrogens is 5. The molecule has 3 rings (SSSR count). The molecule has 0 bridgehead atoms. The molecular weight excluding hydrogens is 326 g/mol. The number of hydrogen-bond acceptors (Lipinski definition) is 6. The van der Waals surface area contributed by atoms with E-state index < -0.39 is 5.97 Å². The highest BCUT2D eigenvalue weighted by Gasteiger charge is 2.16. The lowest BCUT2D eigenvalue weighted by atomic mass is 10.2. The summed E-state index contributed by atoms with van der Waals surface area (Å²) in [5.41, 5.74) is 1.68. The summed E-state index contributed by atoms with van der Waals surface area (Å²) in [5, 5.41) is 7.51. The molecule has 0 saturated carbocycles. The number of nitrogens with zero attached hydrogens (tertiary/aromatic N) is 5. The van der Waals surface area contributed by atoms with Crippen molar-refractivity contribution in [2.24, 2.45) is 0 Å². The van der Waals surface area contributed by atoms with Crippen molar-refractivity contribution in [3.63, 3.8) is 0 Å². The zero-order valence-corrected chi connectivity index (χ0v) is 14.1. The Hall–Kier alpha value is -2.94. The summed E-state index contributed by atoms with van der Waals surface area (Å²) in [6.07, 6.45) is 3.18. The predicted molar refractivity (Wildman–Crippen MR) is 89.4 cm³/mol. The molecule has 9 nitrogen and oxygen atoms in total. The van der Waals surface area contributed by atoms with E-state index in [2.05, 4.69) is 10.2 Å². The lowest BCUT2D eigenvalue weighted by molar-refractivity contribution is 0.0601. The molecule has 0 aliphatic carbocycles. The third kappa shape index (κ3) is 3.31. The smallest absolute Gasteiger partial charge is 0.337 e. The fraction of sp³-hybridized carbons (Fsp3) is 0.375. The van der Waals surface area contributed by atoms with E-state index in [1.54, 1.807) is 51.7 Å². The van der Waals surface area contributed by atoms with Crippen molar-refractivity contribution in [3.8, 4) is 0 Å². The molecule has 0 unspecified atom stereocenters. The highest BCUT2D eigenvalue weighted by molar-refractivity contribution is 5.93. The van der Waals surface area contributed by atoms with Gasteiger partial charge in [0, 0.05) is 20.2 Å². The van der Waals surface area contributed by atoms with E-state index in [1.165, 1.54) is 7.11 Å². The minimum absolute atomic E-state index is 0.151. The van der Waals surface area contributed by atoms with E-state index >= 15 is 0 Å². The molecule has 132 valence electrons. The van der Waals surface area contributed by atoms with Crippen LogP contribution in [0.25, 0.3) is 11.0 Å². The van der Waals surface area contributed by atoms with Gasteiger partial charge in [0.15, 0.2) is 0 Å². The van der Waals surface area contributed by atoms with Gasteiger partial charge in [0.2, 0.25) is 0 Å². The van der Waals surface area contributed by atoms with E-state index in [9.17, 15) is 9.59 Å². The predicted octanol–water partition coefficient (Wildman–Crippen LogP) is 0.528. The van der Waals surface area contributed by atoms with Crippen molar-refractivity contribution in [2.75, 3.05) is 20.8 Å². The standard InChI is InChI=1S/C16H19N5O4/c1-24-8-7-21-13-4-3-12(15(22)25-2)9-14(13)20(16(21)23)6-5-19-10-17-18-11-19/h3-4,9-11H,5-8H2,1-2H3. The number of carbonyl (C=O) groups excluding carboxylic acids is 1. The molecule has 25 heavy (non-hydrogen) atoms. The van der Waals surface area contributed by atoms with Gasteiger partial charge in [-0.25, -0.2) is 9.59 Å². The molecule has 0 saturated heterocycles. The topological polar surface area (TPSA) is 93.2 Å². The summed E-state index contributed by atoms with van der Waals surface area (Å²) >= 11 is 0. The first-order valence-electron chi connectivity index (χ1n) is 7.78. The van der Waals surface area contributed by atoms with Crippen molar-refractivity contribution < 1.29 is 14.3 Å². The quantitative estimate of drug-likeness (QED) is 0.580. The highest BCUT2D eigenvalue weighted by Crippen LogP contribution is 2.17. The number of ether oxygens (including phenoxy) is 2. The van der Waals surface area contributed by atoms with Gasteiger partial charge in [-0.05, 0) is 18.2 Å². The van der Waals surface area contributed by atoms with Crippen LogP contribution >= 0.6 is 0 Å². The summed E-state index contributed by atoms with van der Waals surface area (Å²) in [7, 11) is 2.92. The van der Waals surface area contributed by atoms with Gasteiger partial charge in [0.1, 0.15) is 12.7 Å². The van der Waals surface area contributed by atoms with Gasteiger partial charge in [0.25, 0.3) is 0 Å². The van der Waals surface area contributed by atoms with Gasteiger partial charge < -0.3 is 14.0 Å². The van der Waals surface area contributed by atoms with Crippen LogP contribution in [0, 0.1) is 0 Å². The molecule has 0 spiro atoms. The largest absolute Gasteiger partial charge is 0.465 e. The SMILES string of the molecule is COCCn1c(=O)n(CCn2cnnc2)c2cc(C(=O)OC)ccc21. The second kappa shape index (κ2) is 7.31. The first-order valence-corrected chi connectivity index (χ1v) is 7.78. The average molecular weight is 345 g/mol. The minimum atomic E-state index is -0.440. The van der Waals surface area contributed by atoms with Crippen molar-refractivity contribution in [1.29, 1.82) is 0 Å². The van der Waals surface area contributed by atoms with Crippen LogP contribution in [0.1, 0.15) is 10.4 Å². The number of hydrogen-bond donors (Lipinski definition) is 0. The average Bonchev–Trinajstić information content (AvgIpc) is 3.23. The Bertz CT molecular complexity index is 926. The highest BCUT2D eigenvalue weighted by atomic mass is 16.5. The monoisotopic (exact) mass is 345 g/mol. The number of aryl methyl sites for hydroxylation is 2. The minimum Gasteiger partial charge on any atom is -0.465 e. The molecule has 9 heteroatoms. The maximum absolute atomic E-state index is 12.8. The van der Waals surface area contributed by atoms with Gasteiger partial charge in [-0.1, -0.05) is 0 Å². The normalized spacial score (nSPS) is 11.1. The zero-order valence-electron chi connectivity index (χ0n) is 14.1. The number of imidazole rings is 1. The summed E-state index contributed by atoms with van der Waals surface area (Å²) in [4.78, 5) is 24.6. The Morgan fingerprint density at radius 3 is 2.44 bits per heavy atom. The second-order valence-corrected chi connectivity index (χ2v) is 5.47. The van der Waals surface area contributed by atoms with Crippen molar-refractivity contribution >= 4 is 17.0 Å². The van der Waals surface area contributed by atoms with Crippen LogP contribution in [0.5, 0.6) is 0 Å². The van der Waals surface area contributed by atoms with Crippen LogP contribution in [0.15, 0.2) is 35.6 Å². The Morgan fingerprint density at radius 2 is 1.76 bits per heavy atom. The van der Waals surface area contributed by atoms with Crippen LogP contribution < -0.4 is 5.69 Å². The third-order valence-electron chi connectivity index (χ3n) is 4.01. The van der Waals surface area contributed by atoms with Gasteiger partial charge >= 0.3 is 11.7 Å². The number of rotatable bonds is 7. The number of methoxy groups -OCH3 is 2. The van der Waals surface area contributed by atoms with Crippen LogP contribution in [0.2, 0.25) is 0 Å². The third-order valence-corrected chi connectivity index (χ3v) is 4.01. The second-order valence-electron chi connectivity index (χ2n) is 5.47. The molecular formula is C16H19N5O4. The Balaban J connectivity index is 2.05. The summed E-state index contributed by atoms with van der Waals surface area (Å²) in [5.74, 6) is -0.440. The molecule has 0 aliphatic rings. The molecule has 0 radical (unpaired) electrons. The molecule has 1 aromatic carbocycles. The number of carbonyl (C=O) groups is 1. The lowest BCUT2D eigenvalue weighted by Gasteiger charge is -2.05. The van der Waals surface area contributed by atoms with E-state index in [1.807, 2.05) is 0 Å². The number of esters is 1. The molecule has 2 heterocycles. The van der Waals surface area contributed by atoms with Gasteiger partial charge in [0.05, 0.1) is 36.9 Å². The Labute approximate surface area is 143 Å². The van der Waals surface area contributed by atoms with Crippen LogP contribution in [0.3, 0.4) is 0 Å². The van der Waals surface area contributed by atoms with Crippen LogP contribution in [-0.2, 0) is 29.1 Å². The van der Waals surface area contributed by atoms with Crippen molar-refractivity contribution in [2.45, 2.75) is 19.6 Å². The van der Waals surface area contributed by atoms with Gasteiger partial charge in [-0.3, -0.25) is 9.13 Å². The summed E-state index contributed by atoms with van der Waals surface area (Å²) in [6, 6.07) is 5.09. The first kappa shape index (κ1) is 16.9. The molecule has 0 amide bonds. The molecule has 0 fully saturated rings. The molecule has 3 aromatic rings. The van der Waals surface area contributed by atoms with E-state index in [0.717, 1.165) is 5.52 Å². The van der Waals surface area contributed by atoms with Gasteiger partial charge in [-0.15, -0.1) is 10.2 Å². The maximum atomic E-state index is 12.8. The maximum Gasteiger partial charge on any atom is 0.337 e. The molecule has 0 atom stereocenters. The molecule has 2 aromatic heterocycles. The van der Waals surface area contributed by atoms with E-state index in [0.29, 0.717) is 37.3 Å². The summed E-state index contributed by atoms with van der Waals surface area (Å²) in [6.45, 7) is 1.82. The molecule has 0 aliphatic heterocycles. The number of fused-ring (bicyclic) bond motifs is 1. The van der Waals surface area contributed by atoms with E-state index in [-0.39, 0.29) is 5.69 Å². The van der Waals surface area contributed by atoms with Crippen molar-refractivity contribution in [1.82, 2.24) is 23.9 Å². The Morgan fingerprint density at radius 1 is 1.04 bits per heavy atom. The van der Waals surface area contributed by atoms with Crippen LogP contribution in [0.4, 0.5) is 0 Å². The summed E-state index contributed by atoms with van der Waals surface area (Å²) < 4.78 is 14.9. The Kier molecular flexibility index (Phi) is 4.94. The van der Waals surface area contributed by atoms with Crippen LogP contribution in [-0.4, -0.2) is 50.7 Å². The first-order chi connectivity index (χ1) is 12.2. The fourth-order valence-electron chi connectivity index (χ4n) is 2.73. The van der Waals surface area contributed by atoms with Crippen molar-refractivity contribution in [3.05, 3.63) is 46.9 Å². The lowest BCUT2D eigenvalue weighted by Crippen LogP contribution is -2.26. The fourth-order valence-corrected chi connectivity index (χ4v) is 2.73. The zero-order chi connectivity index (χ0) is 17.8. The number of benzene rings is 1. The molecule has 0 N–H and O–H groups in total.